The van der Waals surface area contributed by atoms with E-state index in [2.05, 4.69) is 19.9 Å². The first-order chi connectivity index (χ1) is 20.5. The van der Waals surface area contributed by atoms with Crippen molar-refractivity contribution in [1.82, 2.24) is 29.1 Å². The van der Waals surface area contributed by atoms with E-state index in [4.69, 9.17) is 33.3 Å². The fourth-order valence-corrected chi connectivity index (χ4v) is 7.35. The molecule has 3 aliphatic heterocycles. The summed E-state index contributed by atoms with van der Waals surface area (Å²) in [5.41, 5.74) is 6.35. The molecule has 21 heteroatoms. The smallest absolute Gasteiger partial charge is 0.398 e. The minimum atomic E-state index is -4.88. The molecule has 43 heavy (non-hydrogen) atoms. The molecule has 0 spiro atoms. The van der Waals surface area contributed by atoms with Crippen LogP contribution in [0.25, 0.3) is 22.2 Å². The van der Waals surface area contributed by atoms with E-state index in [0.29, 0.717) is 16.7 Å². The number of hydrogen-bond donors (Lipinski definition) is 5. The quantitative estimate of drug-likeness (QED) is 0.185. The number of nitrogens with two attached hydrogens (primary N) is 1. The number of nitrogens with one attached hydrogen (secondary N) is 1. The number of nitrogens with zero attached hydrogens (tertiary/aromatic N) is 5. The Kier molecular flexibility index (Phi) is 7.03. The molecule has 3 aliphatic rings. The van der Waals surface area contributed by atoms with Gasteiger partial charge in [-0.1, -0.05) is 0 Å². The third-order valence-electron chi connectivity index (χ3n) is 7.37. The Morgan fingerprint density at radius 2 is 1.74 bits per heavy atom. The third kappa shape index (κ3) is 5.22. The van der Waals surface area contributed by atoms with Crippen LogP contribution in [0.2, 0.25) is 0 Å². The van der Waals surface area contributed by atoms with E-state index in [1.54, 1.807) is 18.3 Å². The number of rotatable bonds is 2. The number of aliphatic hydroxyl groups excluding tert-OH is 1. The normalized spacial score (nSPS) is 37.1. The van der Waals surface area contributed by atoms with Crippen molar-refractivity contribution in [3.8, 4) is 0 Å². The van der Waals surface area contributed by atoms with Crippen LogP contribution in [0, 0.1) is 0 Å². The summed E-state index contributed by atoms with van der Waals surface area (Å²) in [7, 11) is -9.74. The molecular formula is C22H25N7O12P2. The highest BCUT2D eigenvalue weighted by molar-refractivity contribution is 7.47. The number of H-pyrrole nitrogens is 1. The number of nitrogen functional groups attached to an aromatic ring is 1. The van der Waals surface area contributed by atoms with E-state index in [9.17, 15) is 28.8 Å². The average Bonchev–Trinajstić information content (AvgIpc) is 3.72. The maximum atomic E-state index is 13.1. The second-order valence-corrected chi connectivity index (χ2v) is 12.9. The summed E-state index contributed by atoms with van der Waals surface area (Å²) in [6.07, 6.45) is -3.65. The predicted molar refractivity (Wildman–Crippen MR) is 142 cm³/mol. The van der Waals surface area contributed by atoms with E-state index in [1.807, 2.05) is 0 Å². The molecule has 7 heterocycles. The number of pyridine rings is 1. The number of imidazole rings is 1. The molecule has 0 aromatic carbocycles. The SMILES string of the molecule is Nc1ccnc2c1ccn2[C@@H]1O[C@@H]2COP(=O)(O)O[C@@H]3CC(COP(=O)(O)O[C@H]2[C@H]1O)O[C@H]3n1cnc2c(=O)[nH]cnc21. The van der Waals surface area contributed by atoms with Crippen LogP contribution in [-0.4, -0.2) is 87.7 Å². The molecule has 3 unspecified atom stereocenters. The van der Waals surface area contributed by atoms with Gasteiger partial charge in [0.25, 0.3) is 5.56 Å². The van der Waals surface area contributed by atoms with Gasteiger partial charge >= 0.3 is 15.6 Å². The van der Waals surface area contributed by atoms with Crippen molar-refractivity contribution in [2.24, 2.45) is 0 Å². The van der Waals surface area contributed by atoms with Crippen molar-refractivity contribution in [3.05, 3.63) is 47.5 Å². The Morgan fingerprint density at radius 3 is 2.58 bits per heavy atom. The summed E-state index contributed by atoms with van der Waals surface area (Å²) < 4.78 is 62.0. The molecule has 0 radical (unpaired) electrons. The van der Waals surface area contributed by atoms with Crippen molar-refractivity contribution in [1.29, 1.82) is 0 Å². The Bertz CT molecular complexity index is 1850. The van der Waals surface area contributed by atoms with Crippen LogP contribution >= 0.6 is 15.6 Å². The summed E-state index contributed by atoms with van der Waals surface area (Å²) in [4.78, 5) is 48.2. The molecule has 4 aromatic rings. The van der Waals surface area contributed by atoms with Crippen LogP contribution in [-0.2, 0) is 36.7 Å². The Hall–Kier alpha value is -3.06. The molecule has 7 rings (SSSR count). The zero-order valence-electron chi connectivity index (χ0n) is 21.9. The highest BCUT2D eigenvalue weighted by Gasteiger charge is 2.51. The molecule has 9 atom stereocenters. The zero-order chi connectivity index (χ0) is 30.1. The van der Waals surface area contributed by atoms with Gasteiger partial charge < -0.3 is 39.7 Å². The average molecular weight is 641 g/mol. The molecular weight excluding hydrogens is 616 g/mol. The van der Waals surface area contributed by atoms with Gasteiger partial charge in [0.05, 0.1) is 32.0 Å². The van der Waals surface area contributed by atoms with Crippen molar-refractivity contribution in [2.45, 2.75) is 49.4 Å². The van der Waals surface area contributed by atoms with E-state index in [-0.39, 0.29) is 17.6 Å². The van der Waals surface area contributed by atoms with Gasteiger partial charge in [-0.05, 0) is 12.1 Å². The van der Waals surface area contributed by atoms with Gasteiger partial charge in [0, 0.05) is 29.9 Å². The molecule has 6 N–H and O–H groups in total. The van der Waals surface area contributed by atoms with Crippen LogP contribution in [0.5, 0.6) is 0 Å². The second-order valence-electron chi connectivity index (χ2n) is 10.1. The number of ether oxygens (including phenoxy) is 2. The number of aromatic nitrogens is 6. The molecule has 0 amide bonds. The number of aromatic amines is 1. The van der Waals surface area contributed by atoms with Crippen molar-refractivity contribution < 1.29 is 51.6 Å². The number of hydrogen-bond acceptors (Lipinski definition) is 14. The lowest BCUT2D eigenvalue weighted by Gasteiger charge is -2.25. The monoisotopic (exact) mass is 641 g/mol. The number of phosphoric ester groups is 2. The topological polar surface area (TPSA) is 258 Å². The summed E-state index contributed by atoms with van der Waals surface area (Å²) in [5.74, 6) is 0. The zero-order valence-corrected chi connectivity index (χ0v) is 23.6. The summed E-state index contributed by atoms with van der Waals surface area (Å²) >= 11 is 0. The second kappa shape index (κ2) is 10.5. The van der Waals surface area contributed by atoms with Crippen molar-refractivity contribution in [2.75, 3.05) is 18.9 Å². The summed E-state index contributed by atoms with van der Waals surface area (Å²) in [6.45, 7) is -1.21. The largest absolute Gasteiger partial charge is 0.472 e. The molecule has 4 aromatic heterocycles. The van der Waals surface area contributed by atoms with Crippen LogP contribution in [0.3, 0.4) is 0 Å². The Morgan fingerprint density at radius 1 is 0.953 bits per heavy atom. The van der Waals surface area contributed by atoms with Crippen LogP contribution in [0.1, 0.15) is 18.9 Å². The van der Waals surface area contributed by atoms with E-state index in [1.165, 1.54) is 21.7 Å². The summed E-state index contributed by atoms with van der Waals surface area (Å²) in [5, 5.41) is 11.7. The molecule has 230 valence electrons. The minimum Gasteiger partial charge on any atom is -0.398 e. The fourth-order valence-electron chi connectivity index (χ4n) is 5.44. The Labute approximate surface area is 240 Å². The highest BCUT2D eigenvalue weighted by atomic mass is 31.2. The first kappa shape index (κ1) is 28.7. The van der Waals surface area contributed by atoms with Gasteiger partial charge in [-0.25, -0.2) is 24.1 Å². The van der Waals surface area contributed by atoms with Gasteiger partial charge in [0.15, 0.2) is 23.6 Å². The van der Waals surface area contributed by atoms with Crippen LogP contribution in [0.4, 0.5) is 5.69 Å². The van der Waals surface area contributed by atoms with E-state index in [0.717, 1.165) is 6.33 Å². The standard InChI is InChI=1S/C22H25N7O12P2/c23-12-1-3-24-18-11(12)2-4-28(18)22-16(30)17-14(39-22)7-37-42(32,33)40-13-5-10(6-36-43(34,35)41-17)38-21(13)29-9-27-15-19(29)25-8-26-20(15)31/h1-4,8-10,13-14,16-17,21-22,30H,5-7H2,(H2,23,24)(H,32,33)(H,34,35)(H,25,26,31)/t10?,13-,14-,16-,17-,21-,22-/m1/s1. The molecule has 3 fully saturated rings. The maximum absolute atomic E-state index is 13.1. The lowest BCUT2D eigenvalue weighted by atomic mass is 10.1. The van der Waals surface area contributed by atoms with Crippen molar-refractivity contribution >= 4 is 43.5 Å². The van der Waals surface area contributed by atoms with Gasteiger partial charge in [0.2, 0.25) is 0 Å². The lowest BCUT2D eigenvalue weighted by Crippen LogP contribution is -2.36. The van der Waals surface area contributed by atoms with Crippen LogP contribution < -0.4 is 11.3 Å². The Balaban J connectivity index is 1.18. The minimum absolute atomic E-state index is 0.0125. The molecule has 0 aliphatic carbocycles. The van der Waals surface area contributed by atoms with Crippen LogP contribution in [0.15, 0.2) is 42.0 Å². The van der Waals surface area contributed by atoms with Gasteiger partial charge in [-0.15, -0.1) is 0 Å². The van der Waals surface area contributed by atoms with Gasteiger partial charge in [-0.2, -0.15) is 0 Å². The molecule has 19 nitrogen and oxygen atoms in total. The first-order valence-electron chi connectivity index (χ1n) is 12.9. The number of anilines is 1. The highest BCUT2D eigenvalue weighted by Crippen LogP contribution is 2.53. The van der Waals surface area contributed by atoms with Gasteiger partial charge in [0.1, 0.15) is 30.1 Å². The first-order valence-corrected chi connectivity index (χ1v) is 15.9. The van der Waals surface area contributed by atoms with Crippen molar-refractivity contribution in [3.63, 3.8) is 0 Å². The predicted octanol–water partition coefficient (Wildman–Crippen LogP) is 0.315. The number of fused-ring (bicyclic) bond motifs is 5. The fraction of sp³-hybridized carbons (Fsp3) is 0.455. The van der Waals surface area contributed by atoms with Gasteiger partial charge in [-0.3, -0.25) is 27.5 Å². The number of phosphoric acid groups is 2. The third-order valence-corrected chi connectivity index (χ3v) is 9.36. The lowest BCUT2D eigenvalue weighted by molar-refractivity contribution is -0.0670. The molecule has 2 bridgehead atoms. The number of aliphatic hydroxyl groups is 1. The summed E-state index contributed by atoms with van der Waals surface area (Å²) in [6, 6.07) is 3.24. The maximum Gasteiger partial charge on any atom is 0.472 e. The van der Waals surface area contributed by atoms with E-state index >= 15 is 0 Å². The molecule has 0 saturated carbocycles. The van der Waals surface area contributed by atoms with E-state index < -0.39 is 77.4 Å². The molecule has 3 saturated heterocycles.